The van der Waals surface area contributed by atoms with Crippen molar-refractivity contribution in [2.24, 2.45) is 13.0 Å². The van der Waals surface area contributed by atoms with Crippen molar-refractivity contribution >= 4 is 27.5 Å². The molecule has 1 rings (SSSR count). The number of nitrogens with zero attached hydrogens (tertiary/aromatic N) is 2. The van der Waals surface area contributed by atoms with Gasteiger partial charge in [0.05, 0.1) is 16.4 Å². The molecular formula is C11H18BrClN2. The molecule has 1 aromatic rings. The third-order valence-electron chi connectivity index (χ3n) is 2.53. The SMILES string of the molecule is Cc1nn(C)c(CC(C)CC(C)Br)c1Cl. The summed E-state index contributed by atoms with van der Waals surface area (Å²) in [5.74, 6) is 0.617. The number of hydrogen-bond acceptors (Lipinski definition) is 1. The van der Waals surface area contributed by atoms with E-state index in [1.54, 1.807) is 0 Å². The van der Waals surface area contributed by atoms with Crippen LogP contribution in [0, 0.1) is 12.8 Å². The Balaban J connectivity index is 2.71. The van der Waals surface area contributed by atoms with E-state index in [2.05, 4.69) is 34.9 Å². The molecule has 0 aliphatic rings. The molecule has 0 saturated heterocycles. The Kier molecular flexibility index (Phi) is 4.65. The van der Waals surface area contributed by atoms with E-state index < -0.39 is 0 Å². The second-order valence-corrected chi connectivity index (χ2v) is 6.24. The third kappa shape index (κ3) is 3.49. The largest absolute Gasteiger partial charge is 0.271 e. The lowest BCUT2D eigenvalue weighted by atomic mass is 10.00. The quantitative estimate of drug-likeness (QED) is 0.773. The van der Waals surface area contributed by atoms with Crippen LogP contribution in [-0.4, -0.2) is 14.6 Å². The summed E-state index contributed by atoms with van der Waals surface area (Å²) in [6.07, 6.45) is 2.15. The second-order valence-electron chi connectivity index (χ2n) is 4.30. The van der Waals surface area contributed by atoms with Crippen molar-refractivity contribution in [3.63, 3.8) is 0 Å². The van der Waals surface area contributed by atoms with E-state index in [-0.39, 0.29) is 0 Å². The molecule has 2 unspecified atom stereocenters. The van der Waals surface area contributed by atoms with Crippen LogP contribution in [0.4, 0.5) is 0 Å². The van der Waals surface area contributed by atoms with Crippen molar-refractivity contribution in [3.05, 3.63) is 16.4 Å². The fourth-order valence-electron chi connectivity index (χ4n) is 1.87. The molecule has 2 atom stereocenters. The van der Waals surface area contributed by atoms with Crippen molar-refractivity contribution < 1.29 is 0 Å². The average Bonchev–Trinajstić information content (AvgIpc) is 2.31. The number of hydrogen-bond donors (Lipinski definition) is 0. The smallest absolute Gasteiger partial charge is 0.0847 e. The summed E-state index contributed by atoms with van der Waals surface area (Å²) in [5.41, 5.74) is 2.07. The molecule has 0 amide bonds. The molecule has 0 bridgehead atoms. The lowest BCUT2D eigenvalue weighted by Crippen LogP contribution is -2.09. The lowest BCUT2D eigenvalue weighted by Gasteiger charge is -2.13. The fourth-order valence-corrected chi connectivity index (χ4v) is 2.75. The highest BCUT2D eigenvalue weighted by atomic mass is 79.9. The van der Waals surface area contributed by atoms with Gasteiger partial charge in [-0.25, -0.2) is 0 Å². The Hall–Kier alpha value is -0.0200. The standard InChI is InChI=1S/C11H18BrClN2/c1-7(5-8(2)12)6-10-11(13)9(3)14-15(10)4/h7-8H,5-6H2,1-4H3. The van der Waals surface area contributed by atoms with E-state index in [1.165, 1.54) is 0 Å². The Morgan fingerprint density at radius 1 is 1.47 bits per heavy atom. The van der Waals surface area contributed by atoms with Crippen LogP contribution in [0.25, 0.3) is 0 Å². The van der Waals surface area contributed by atoms with Gasteiger partial charge in [-0.2, -0.15) is 5.10 Å². The zero-order chi connectivity index (χ0) is 11.6. The summed E-state index contributed by atoms with van der Waals surface area (Å²) < 4.78 is 1.90. The number of halogens is 2. The first kappa shape index (κ1) is 13.0. The van der Waals surface area contributed by atoms with E-state index >= 15 is 0 Å². The first-order valence-corrected chi connectivity index (χ1v) is 6.53. The molecular weight excluding hydrogens is 275 g/mol. The zero-order valence-electron chi connectivity index (χ0n) is 9.72. The lowest BCUT2D eigenvalue weighted by molar-refractivity contribution is 0.511. The van der Waals surface area contributed by atoms with Gasteiger partial charge in [0, 0.05) is 11.9 Å². The molecule has 0 aromatic carbocycles. The van der Waals surface area contributed by atoms with E-state index in [4.69, 9.17) is 11.6 Å². The van der Waals surface area contributed by atoms with Gasteiger partial charge in [-0.1, -0.05) is 41.4 Å². The molecule has 1 heterocycles. The van der Waals surface area contributed by atoms with Crippen molar-refractivity contribution in [2.75, 3.05) is 0 Å². The van der Waals surface area contributed by atoms with Crippen LogP contribution in [0.3, 0.4) is 0 Å². The minimum atomic E-state index is 0.556. The van der Waals surface area contributed by atoms with Crippen LogP contribution in [-0.2, 0) is 13.5 Å². The zero-order valence-corrected chi connectivity index (χ0v) is 12.1. The van der Waals surface area contributed by atoms with Gasteiger partial charge < -0.3 is 0 Å². The average molecular weight is 294 g/mol. The number of aryl methyl sites for hydroxylation is 2. The van der Waals surface area contributed by atoms with Crippen LogP contribution < -0.4 is 0 Å². The maximum absolute atomic E-state index is 6.20. The third-order valence-corrected chi connectivity index (χ3v) is 3.40. The van der Waals surface area contributed by atoms with Crippen molar-refractivity contribution in [1.82, 2.24) is 9.78 Å². The molecule has 0 N–H and O–H groups in total. The summed E-state index contributed by atoms with van der Waals surface area (Å²) in [4.78, 5) is 0.556. The summed E-state index contributed by atoms with van der Waals surface area (Å²) in [6, 6.07) is 0. The molecule has 86 valence electrons. The first-order valence-electron chi connectivity index (χ1n) is 5.23. The monoisotopic (exact) mass is 292 g/mol. The molecule has 1 aromatic heterocycles. The summed E-state index contributed by atoms with van der Waals surface area (Å²) in [7, 11) is 1.96. The Labute approximate surface area is 105 Å². The molecule has 4 heteroatoms. The van der Waals surface area contributed by atoms with Crippen LogP contribution in [0.15, 0.2) is 0 Å². The minimum Gasteiger partial charge on any atom is -0.271 e. The summed E-state index contributed by atoms with van der Waals surface area (Å²) >= 11 is 9.77. The normalized spacial score (nSPS) is 15.3. The van der Waals surface area contributed by atoms with Gasteiger partial charge in [-0.05, 0) is 25.7 Å². The van der Waals surface area contributed by atoms with E-state index in [9.17, 15) is 0 Å². The maximum atomic E-state index is 6.20. The van der Waals surface area contributed by atoms with Crippen LogP contribution in [0.2, 0.25) is 5.02 Å². The molecule has 0 saturated carbocycles. The summed E-state index contributed by atoms with van der Waals surface area (Å²) in [6.45, 7) is 6.37. The topological polar surface area (TPSA) is 17.8 Å². The number of aromatic nitrogens is 2. The highest BCUT2D eigenvalue weighted by molar-refractivity contribution is 9.09. The van der Waals surface area contributed by atoms with Gasteiger partial charge in [0.2, 0.25) is 0 Å². The Bertz CT molecular complexity index is 334. The van der Waals surface area contributed by atoms with Gasteiger partial charge >= 0.3 is 0 Å². The van der Waals surface area contributed by atoms with E-state index in [0.717, 1.165) is 29.3 Å². The Morgan fingerprint density at radius 2 is 2.07 bits per heavy atom. The predicted molar refractivity (Wildman–Crippen MR) is 68.8 cm³/mol. The van der Waals surface area contributed by atoms with Crippen molar-refractivity contribution in [1.29, 1.82) is 0 Å². The molecule has 0 aliphatic carbocycles. The van der Waals surface area contributed by atoms with Crippen molar-refractivity contribution in [3.8, 4) is 0 Å². The van der Waals surface area contributed by atoms with Crippen LogP contribution >= 0.6 is 27.5 Å². The molecule has 15 heavy (non-hydrogen) atoms. The molecule has 0 radical (unpaired) electrons. The van der Waals surface area contributed by atoms with Crippen molar-refractivity contribution in [2.45, 2.75) is 38.4 Å². The molecule has 2 nitrogen and oxygen atoms in total. The highest BCUT2D eigenvalue weighted by Crippen LogP contribution is 2.24. The van der Waals surface area contributed by atoms with Gasteiger partial charge in [-0.15, -0.1) is 0 Å². The molecule has 0 fully saturated rings. The highest BCUT2D eigenvalue weighted by Gasteiger charge is 2.15. The van der Waals surface area contributed by atoms with Crippen LogP contribution in [0.1, 0.15) is 31.7 Å². The van der Waals surface area contributed by atoms with Gasteiger partial charge in [0.25, 0.3) is 0 Å². The fraction of sp³-hybridized carbons (Fsp3) is 0.727. The second kappa shape index (κ2) is 5.35. The maximum Gasteiger partial charge on any atom is 0.0847 e. The van der Waals surface area contributed by atoms with E-state index in [0.29, 0.717) is 10.7 Å². The minimum absolute atomic E-state index is 0.556. The van der Waals surface area contributed by atoms with Gasteiger partial charge in [0.15, 0.2) is 0 Å². The van der Waals surface area contributed by atoms with Gasteiger partial charge in [-0.3, -0.25) is 4.68 Å². The van der Waals surface area contributed by atoms with Crippen LogP contribution in [0.5, 0.6) is 0 Å². The summed E-state index contributed by atoms with van der Waals surface area (Å²) in [5, 5.41) is 5.14. The number of alkyl halides is 1. The number of rotatable bonds is 4. The van der Waals surface area contributed by atoms with Gasteiger partial charge in [0.1, 0.15) is 0 Å². The van der Waals surface area contributed by atoms with E-state index in [1.807, 2.05) is 18.7 Å². The first-order chi connectivity index (χ1) is 6.91. The molecule has 0 spiro atoms. The Morgan fingerprint density at radius 3 is 2.47 bits per heavy atom. The molecule has 0 aliphatic heterocycles. The predicted octanol–water partition coefficient (Wildman–Crippen LogP) is 3.73.